The van der Waals surface area contributed by atoms with Crippen LogP contribution >= 0.6 is 12.4 Å². The monoisotopic (exact) mass is 374 g/mol. The van der Waals surface area contributed by atoms with E-state index in [2.05, 4.69) is 24.3 Å². The molecule has 26 heavy (non-hydrogen) atoms. The number of amides is 1. The lowest BCUT2D eigenvalue weighted by Gasteiger charge is -2.26. The van der Waals surface area contributed by atoms with E-state index in [1.54, 1.807) is 0 Å². The minimum atomic E-state index is -0.354. The predicted octanol–water partition coefficient (Wildman–Crippen LogP) is 3.19. The Morgan fingerprint density at radius 1 is 1.00 bits per heavy atom. The molecular formula is C21H27ClN2O2. The largest absolute Gasteiger partial charge is 0.364 e. The highest BCUT2D eigenvalue weighted by molar-refractivity contribution is 5.85. The van der Waals surface area contributed by atoms with Crippen LogP contribution in [0.2, 0.25) is 0 Å². The summed E-state index contributed by atoms with van der Waals surface area (Å²) in [5.74, 6) is 0.0794. The molecule has 0 radical (unpaired) electrons. The molecular weight excluding hydrogens is 348 g/mol. The van der Waals surface area contributed by atoms with Crippen molar-refractivity contribution in [3.05, 3.63) is 71.8 Å². The topological polar surface area (TPSA) is 55.6 Å². The van der Waals surface area contributed by atoms with E-state index in [4.69, 9.17) is 10.5 Å². The van der Waals surface area contributed by atoms with Crippen LogP contribution in [-0.2, 0) is 22.5 Å². The molecule has 0 unspecified atom stereocenters. The van der Waals surface area contributed by atoms with E-state index in [-0.39, 0.29) is 30.5 Å². The molecule has 0 spiro atoms. The summed E-state index contributed by atoms with van der Waals surface area (Å²) < 4.78 is 5.83. The first-order chi connectivity index (χ1) is 12.3. The number of hydrogen-bond donors (Lipinski definition) is 1. The number of halogens is 1. The van der Waals surface area contributed by atoms with Crippen LogP contribution < -0.4 is 5.73 Å². The van der Waals surface area contributed by atoms with Crippen LogP contribution in [0.3, 0.4) is 0 Å². The normalized spacial score (nSPS) is 19.0. The Morgan fingerprint density at radius 3 is 2.19 bits per heavy atom. The molecule has 0 aromatic heterocycles. The number of benzene rings is 2. The van der Waals surface area contributed by atoms with Gasteiger partial charge >= 0.3 is 0 Å². The minimum absolute atomic E-state index is 0. The Morgan fingerprint density at radius 2 is 1.62 bits per heavy atom. The van der Waals surface area contributed by atoms with Crippen LogP contribution in [0, 0.1) is 0 Å². The number of hydrogen-bond acceptors (Lipinski definition) is 3. The molecule has 1 heterocycles. The van der Waals surface area contributed by atoms with Crippen LogP contribution in [0.5, 0.6) is 0 Å². The third-order valence-corrected chi connectivity index (χ3v) is 4.69. The number of carbonyl (C=O) groups is 1. The summed E-state index contributed by atoms with van der Waals surface area (Å²) in [6.45, 7) is 1.77. The van der Waals surface area contributed by atoms with Gasteiger partial charge in [-0.25, -0.2) is 0 Å². The lowest BCUT2D eigenvalue weighted by Crippen LogP contribution is -2.40. The van der Waals surface area contributed by atoms with Gasteiger partial charge in [0.05, 0.1) is 6.10 Å². The van der Waals surface area contributed by atoms with Gasteiger partial charge in [0.2, 0.25) is 0 Å². The van der Waals surface area contributed by atoms with Crippen molar-refractivity contribution in [1.82, 2.24) is 4.90 Å². The maximum Gasteiger partial charge on any atom is 0.252 e. The first-order valence-corrected chi connectivity index (χ1v) is 8.98. The van der Waals surface area contributed by atoms with Crippen molar-refractivity contribution in [3.8, 4) is 0 Å². The van der Waals surface area contributed by atoms with Crippen molar-refractivity contribution in [2.24, 2.45) is 5.73 Å². The van der Waals surface area contributed by atoms with E-state index in [1.165, 1.54) is 5.56 Å². The van der Waals surface area contributed by atoms with Crippen molar-refractivity contribution in [3.63, 3.8) is 0 Å². The van der Waals surface area contributed by atoms with Crippen LogP contribution in [0.4, 0.5) is 0 Å². The van der Waals surface area contributed by atoms with Gasteiger partial charge in [-0.05, 0) is 30.4 Å². The molecule has 5 heteroatoms. The van der Waals surface area contributed by atoms with Crippen molar-refractivity contribution in [2.75, 3.05) is 13.1 Å². The highest BCUT2D eigenvalue weighted by atomic mass is 35.5. The van der Waals surface area contributed by atoms with Gasteiger partial charge in [-0.3, -0.25) is 4.79 Å². The maximum absolute atomic E-state index is 13.0. The molecule has 2 aromatic carbocycles. The molecule has 3 rings (SSSR count). The molecule has 0 saturated carbocycles. The van der Waals surface area contributed by atoms with Crippen molar-refractivity contribution < 1.29 is 9.53 Å². The molecule has 1 amide bonds. The number of carbonyl (C=O) groups excluding carboxylic acids is 1. The number of nitrogens with two attached hydrogens (primary N) is 1. The summed E-state index contributed by atoms with van der Waals surface area (Å²) in [5.41, 5.74) is 8.05. The Labute approximate surface area is 161 Å². The molecule has 0 aliphatic carbocycles. The average Bonchev–Trinajstić information content (AvgIpc) is 3.15. The molecule has 2 N–H and O–H groups in total. The van der Waals surface area contributed by atoms with Gasteiger partial charge in [0, 0.05) is 19.6 Å². The SMILES string of the molecule is Cl.NC[C@H]1CC[C@@H](C(=O)N(CCc2ccccc2)Cc2ccccc2)O1. The van der Waals surface area contributed by atoms with Crippen LogP contribution in [0.25, 0.3) is 0 Å². The maximum atomic E-state index is 13.0. The van der Waals surface area contributed by atoms with E-state index in [1.807, 2.05) is 41.3 Å². The number of nitrogens with zero attached hydrogens (tertiary/aromatic N) is 1. The van der Waals surface area contributed by atoms with Gasteiger partial charge in [0.25, 0.3) is 5.91 Å². The molecule has 140 valence electrons. The lowest BCUT2D eigenvalue weighted by atomic mass is 10.1. The average molecular weight is 375 g/mol. The van der Waals surface area contributed by atoms with Gasteiger partial charge in [0.1, 0.15) is 6.10 Å². The summed E-state index contributed by atoms with van der Waals surface area (Å²) in [6, 6.07) is 20.4. The van der Waals surface area contributed by atoms with Gasteiger partial charge in [-0.2, -0.15) is 0 Å². The summed E-state index contributed by atoms with van der Waals surface area (Å²) in [4.78, 5) is 14.9. The zero-order valence-electron chi connectivity index (χ0n) is 14.9. The molecule has 1 fully saturated rings. The first kappa shape index (κ1) is 20.4. The van der Waals surface area contributed by atoms with E-state index in [0.717, 1.165) is 24.8 Å². The van der Waals surface area contributed by atoms with Crippen molar-refractivity contribution in [1.29, 1.82) is 0 Å². The fourth-order valence-corrected chi connectivity index (χ4v) is 3.24. The standard InChI is InChI=1S/C21H26N2O2.ClH/c22-15-19-11-12-20(25-19)21(24)23(16-18-9-5-2-6-10-18)14-13-17-7-3-1-4-8-17;/h1-10,19-20H,11-16,22H2;1H/t19-,20+;/m1./s1. The second kappa shape index (κ2) is 10.3. The highest BCUT2D eigenvalue weighted by Crippen LogP contribution is 2.22. The molecule has 1 saturated heterocycles. The lowest BCUT2D eigenvalue weighted by molar-refractivity contribution is -0.143. The summed E-state index contributed by atoms with van der Waals surface area (Å²) in [7, 11) is 0. The molecule has 1 aliphatic heterocycles. The van der Waals surface area contributed by atoms with E-state index < -0.39 is 0 Å². The summed E-state index contributed by atoms with van der Waals surface area (Å²) >= 11 is 0. The first-order valence-electron chi connectivity index (χ1n) is 8.98. The van der Waals surface area contributed by atoms with Crippen molar-refractivity contribution >= 4 is 18.3 Å². The van der Waals surface area contributed by atoms with Crippen molar-refractivity contribution in [2.45, 2.75) is 38.0 Å². The minimum Gasteiger partial charge on any atom is -0.364 e. The van der Waals surface area contributed by atoms with Crippen LogP contribution in [0.1, 0.15) is 24.0 Å². The Kier molecular flexibility index (Phi) is 8.10. The van der Waals surface area contributed by atoms with E-state index in [9.17, 15) is 4.79 Å². The van der Waals surface area contributed by atoms with Gasteiger partial charge in [-0.1, -0.05) is 60.7 Å². The zero-order chi connectivity index (χ0) is 17.5. The third kappa shape index (κ3) is 5.56. The fraction of sp³-hybridized carbons (Fsp3) is 0.381. The second-order valence-electron chi connectivity index (χ2n) is 6.54. The highest BCUT2D eigenvalue weighted by Gasteiger charge is 2.32. The van der Waals surface area contributed by atoms with E-state index >= 15 is 0 Å². The van der Waals surface area contributed by atoms with Crippen LogP contribution in [0.15, 0.2) is 60.7 Å². The summed E-state index contributed by atoms with van der Waals surface area (Å²) in [6.07, 6.45) is 2.13. The number of rotatable bonds is 7. The smallest absolute Gasteiger partial charge is 0.252 e. The fourth-order valence-electron chi connectivity index (χ4n) is 3.24. The third-order valence-electron chi connectivity index (χ3n) is 4.69. The second-order valence-corrected chi connectivity index (χ2v) is 6.54. The zero-order valence-corrected chi connectivity index (χ0v) is 15.7. The van der Waals surface area contributed by atoms with E-state index in [0.29, 0.717) is 19.6 Å². The Bertz CT molecular complexity index is 666. The molecule has 0 bridgehead atoms. The van der Waals surface area contributed by atoms with Crippen LogP contribution in [-0.4, -0.2) is 36.1 Å². The Balaban J connectivity index is 0.00000243. The molecule has 1 aliphatic rings. The molecule has 4 nitrogen and oxygen atoms in total. The Hall–Kier alpha value is -1.88. The van der Waals surface area contributed by atoms with Gasteiger partial charge in [0.15, 0.2) is 0 Å². The quantitative estimate of drug-likeness (QED) is 0.809. The number of ether oxygens (including phenoxy) is 1. The predicted molar refractivity (Wildman–Crippen MR) is 106 cm³/mol. The summed E-state index contributed by atoms with van der Waals surface area (Å²) in [5, 5.41) is 0. The molecule has 2 atom stereocenters. The van der Waals surface area contributed by atoms with Gasteiger partial charge < -0.3 is 15.4 Å². The molecule has 2 aromatic rings. The van der Waals surface area contributed by atoms with Gasteiger partial charge in [-0.15, -0.1) is 12.4 Å².